The number of nitrogens with one attached hydrogen (secondary N) is 2. The molecule has 2 aliphatic heterocycles. The number of sulfonamides is 1. The molecule has 386 valence electrons. The van der Waals surface area contributed by atoms with Crippen LogP contribution in [-0.2, 0) is 19.1 Å². The lowest BCUT2D eigenvalue weighted by atomic mass is 9.96. The highest BCUT2D eigenvalue weighted by molar-refractivity contribution is 7.99. The highest BCUT2D eigenvalue weighted by atomic mass is 35.5. The van der Waals surface area contributed by atoms with Crippen molar-refractivity contribution in [3.05, 3.63) is 148 Å². The molecule has 1 atom stereocenters. The minimum absolute atomic E-state index is 0.00716. The van der Waals surface area contributed by atoms with Gasteiger partial charge in [-0.05, 0) is 124 Å². The average Bonchev–Trinajstić information content (AvgIpc) is 3.68. The molecule has 6 aromatic rings. The summed E-state index contributed by atoms with van der Waals surface area (Å²) in [5.41, 5.74) is 6.01. The molecule has 2 saturated heterocycles. The molecule has 0 spiro atoms. The van der Waals surface area contributed by atoms with Crippen molar-refractivity contribution in [2.24, 2.45) is 0 Å². The van der Waals surface area contributed by atoms with Crippen molar-refractivity contribution in [2.45, 2.75) is 68.0 Å². The molecule has 0 amide bonds. The lowest BCUT2D eigenvalue weighted by Gasteiger charge is -2.37. The van der Waals surface area contributed by atoms with E-state index in [1.165, 1.54) is 12.1 Å². The number of hydrogen-bond acceptors (Lipinski definition) is 12. The van der Waals surface area contributed by atoms with Gasteiger partial charge in [0.1, 0.15) is 5.69 Å². The molecule has 0 aliphatic carbocycles. The van der Waals surface area contributed by atoms with E-state index < -0.39 is 34.8 Å². The first kappa shape index (κ1) is 53.4. The third-order valence-corrected chi connectivity index (χ3v) is 16.6. The largest absolute Gasteiger partial charge is 0.478 e. The van der Waals surface area contributed by atoms with E-state index in [1.54, 1.807) is 23.9 Å². The summed E-state index contributed by atoms with van der Waals surface area (Å²) in [6, 6.07) is 35.8. The Balaban J connectivity index is 0.916. The molecule has 2 fully saturated rings. The number of carboxylic acid groups (broad SMARTS) is 1. The maximum atomic E-state index is 13.8. The summed E-state index contributed by atoms with van der Waals surface area (Å²) in [5, 5.41) is 26.9. The lowest BCUT2D eigenvalue weighted by molar-refractivity contribution is -0.384. The van der Waals surface area contributed by atoms with E-state index in [2.05, 4.69) is 35.4 Å². The molecule has 21 heteroatoms. The average molecular weight is 1070 g/mol. The molecule has 8 rings (SSSR count). The number of phosphoric acid groups is 1. The second-order valence-corrected chi connectivity index (χ2v) is 22.9. The summed E-state index contributed by atoms with van der Waals surface area (Å²) in [5.74, 6) is -0.441. The van der Waals surface area contributed by atoms with Crippen molar-refractivity contribution in [3.8, 4) is 22.4 Å². The zero-order valence-corrected chi connectivity index (χ0v) is 43.9. The van der Waals surface area contributed by atoms with Crippen molar-refractivity contribution < 1.29 is 42.1 Å². The Bertz CT molecular complexity index is 3070. The minimum Gasteiger partial charge on any atom is -0.478 e. The van der Waals surface area contributed by atoms with E-state index in [0.29, 0.717) is 92.8 Å². The number of phosphoric ester groups is 1. The third-order valence-electron chi connectivity index (χ3n) is 13.2. The van der Waals surface area contributed by atoms with Gasteiger partial charge in [0.05, 0.1) is 27.2 Å². The van der Waals surface area contributed by atoms with Crippen LogP contribution in [0.15, 0.2) is 131 Å². The molecule has 5 N–H and O–H groups in total. The number of aromatic nitrogens is 1. The van der Waals surface area contributed by atoms with Gasteiger partial charge in [0, 0.05) is 108 Å². The Morgan fingerprint density at radius 3 is 2.14 bits per heavy atom. The third kappa shape index (κ3) is 13.3. The zero-order chi connectivity index (χ0) is 52.0. The number of carbonyl (C=O) groups is 1. The van der Waals surface area contributed by atoms with Crippen LogP contribution in [0.25, 0.3) is 22.4 Å². The second-order valence-electron chi connectivity index (χ2n) is 18.5. The van der Waals surface area contributed by atoms with Crippen molar-refractivity contribution in [2.75, 3.05) is 71.4 Å². The van der Waals surface area contributed by atoms with Crippen molar-refractivity contribution in [3.63, 3.8) is 0 Å². The first-order valence-corrected chi connectivity index (χ1v) is 28.4. The summed E-state index contributed by atoms with van der Waals surface area (Å²) < 4.78 is 48.4. The number of halogens is 1. The predicted octanol–water partition coefficient (Wildman–Crippen LogP) is 10.6. The molecular formula is C52H59ClN7O10PS2. The SMILES string of the molecule is Cc1c(C(=O)O)c(-c2cccc(N3CCN(c4ccc(NS(=O)(=O)c5ccc(N[C@H](CCN6CCC(OP(=O)(O)O)CC6)CSc6ccccc6)c([N+](=O)[O-])c5)cc4)CC3)c2)c(-c2ccc(Cl)cc2)n1C(C)C. The van der Waals surface area contributed by atoms with Gasteiger partial charge < -0.3 is 39.5 Å². The van der Waals surface area contributed by atoms with Crippen LogP contribution in [0.2, 0.25) is 5.02 Å². The Morgan fingerprint density at radius 1 is 0.863 bits per heavy atom. The Labute approximate surface area is 434 Å². The quantitative estimate of drug-likeness (QED) is 0.0208. The van der Waals surface area contributed by atoms with Gasteiger partial charge in [0.25, 0.3) is 15.7 Å². The fourth-order valence-corrected chi connectivity index (χ4v) is 12.5. The van der Waals surface area contributed by atoms with Crippen LogP contribution in [0.4, 0.5) is 28.4 Å². The smallest absolute Gasteiger partial charge is 0.469 e. The van der Waals surface area contributed by atoms with Crippen LogP contribution in [0, 0.1) is 17.0 Å². The van der Waals surface area contributed by atoms with E-state index in [0.717, 1.165) is 39.2 Å². The van der Waals surface area contributed by atoms with Gasteiger partial charge >= 0.3 is 13.8 Å². The molecule has 0 saturated carbocycles. The number of nitrogens with zero attached hydrogens (tertiary/aromatic N) is 5. The number of nitro benzene ring substituents is 1. The van der Waals surface area contributed by atoms with Gasteiger partial charge in [-0.3, -0.25) is 19.4 Å². The molecule has 0 unspecified atom stereocenters. The van der Waals surface area contributed by atoms with E-state index >= 15 is 0 Å². The maximum absolute atomic E-state index is 13.8. The molecule has 0 bridgehead atoms. The summed E-state index contributed by atoms with van der Waals surface area (Å²) >= 11 is 7.85. The molecule has 73 heavy (non-hydrogen) atoms. The number of anilines is 4. The maximum Gasteiger partial charge on any atom is 0.469 e. The van der Waals surface area contributed by atoms with Crippen LogP contribution in [-0.4, -0.2) is 107 Å². The van der Waals surface area contributed by atoms with Crippen LogP contribution in [0.3, 0.4) is 0 Å². The number of nitro groups is 1. The number of benzene rings is 5. The molecule has 5 aromatic carbocycles. The van der Waals surface area contributed by atoms with Crippen molar-refractivity contribution in [1.29, 1.82) is 0 Å². The van der Waals surface area contributed by atoms with E-state index in [9.17, 15) is 42.8 Å². The Hall–Kier alpha value is -5.89. The Kier molecular flexibility index (Phi) is 16.9. The van der Waals surface area contributed by atoms with Gasteiger partial charge in [-0.1, -0.05) is 54.1 Å². The highest BCUT2D eigenvalue weighted by Crippen LogP contribution is 2.43. The summed E-state index contributed by atoms with van der Waals surface area (Å²) in [6.45, 7) is 10.4. The standard InChI is InChI=1S/C52H59ClN7O10PS2/c1-35(2)59-36(3)49(52(61)62)50(51(59)37-12-14-39(53)15-13-37)38-8-7-9-43(32-38)58-30-28-57(29-31-58)42-18-16-40(17-19-42)55-73(68,69)46-20-21-47(48(33-46)60(63)64)54-41(34-72-45-10-5-4-6-11-45)22-25-56-26-23-44(24-27-56)70-71(65,66)67/h4-21,32-33,35,41,44,54-55H,22-31,34H2,1-3H3,(H,61,62)(H2,65,66,67)/t41-/m1/s1. The molecule has 1 aromatic heterocycles. The molecule has 17 nitrogen and oxygen atoms in total. The van der Waals surface area contributed by atoms with Crippen LogP contribution < -0.4 is 19.8 Å². The van der Waals surface area contributed by atoms with E-state index in [4.69, 9.17) is 16.1 Å². The normalized spacial score (nSPS) is 15.4. The fourth-order valence-electron chi connectivity index (χ4n) is 9.68. The first-order valence-electron chi connectivity index (χ1n) is 24.0. The predicted molar refractivity (Wildman–Crippen MR) is 289 cm³/mol. The number of aromatic carboxylic acids is 1. The summed E-state index contributed by atoms with van der Waals surface area (Å²) in [7, 11) is -8.83. The minimum atomic E-state index is -4.59. The van der Waals surface area contributed by atoms with Gasteiger partial charge in [0.15, 0.2) is 0 Å². The van der Waals surface area contributed by atoms with Gasteiger partial charge in [-0.2, -0.15) is 0 Å². The van der Waals surface area contributed by atoms with Gasteiger partial charge in [0.2, 0.25) is 0 Å². The summed E-state index contributed by atoms with van der Waals surface area (Å²) in [6.07, 6.45) is 0.966. The van der Waals surface area contributed by atoms with E-state index in [1.807, 2.05) is 106 Å². The monoisotopic (exact) mass is 1070 g/mol. The van der Waals surface area contributed by atoms with Crippen molar-refractivity contribution >= 4 is 75.6 Å². The van der Waals surface area contributed by atoms with Crippen LogP contribution >= 0.6 is 31.2 Å². The first-order chi connectivity index (χ1) is 34.8. The molecular weight excluding hydrogens is 1010 g/mol. The van der Waals surface area contributed by atoms with Crippen molar-refractivity contribution in [1.82, 2.24) is 9.47 Å². The fraction of sp³-hybridized carbons (Fsp3) is 0.327. The van der Waals surface area contributed by atoms with E-state index in [-0.39, 0.29) is 33.9 Å². The summed E-state index contributed by atoms with van der Waals surface area (Å²) in [4.78, 5) is 50.6. The number of piperazine rings is 1. The number of piperidine rings is 1. The van der Waals surface area contributed by atoms with Gasteiger partial charge in [-0.25, -0.2) is 17.8 Å². The highest BCUT2D eigenvalue weighted by Gasteiger charge is 2.31. The number of thioether (sulfide) groups is 1. The number of likely N-dealkylation sites (tertiary alicyclic amines) is 1. The van der Waals surface area contributed by atoms with Crippen LogP contribution in [0.1, 0.15) is 55.2 Å². The molecule has 3 heterocycles. The Morgan fingerprint density at radius 2 is 1.52 bits per heavy atom. The zero-order valence-electron chi connectivity index (χ0n) is 40.6. The van der Waals surface area contributed by atoms with Crippen LogP contribution in [0.5, 0.6) is 0 Å². The second kappa shape index (κ2) is 23.1. The van der Waals surface area contributed by atoms with Gasteiger partial charge in [-0.15, -0.1) is 11.8 Å². The number of rotatable bonds is 20. The number of carboxylic acids is 1. The number of hydrogen-bond donors (Lipinski definition) is 5. The molecule has 0 radical (unpaired) electrons. The topological polar surface area (TPSA) is 220 Å². The lowest BCUT2D eigenvalue weighted by Crippen LogP contribution is -2.46. The molecule has 2 aliphatic rings.